The zero-order valence-electron chi connectivity index (χ0n) is 18.8. The fraction of sp³-hybridized carbons (Fsp3) is 0.143. The summed E-state index contributed by atoms with van der Waals surface area (Å²) in [6.07, 6.45) is 1.86. The van der Waals surface area contributed by atoms with Gasteiger partial charge in [0.05, 0.1) is 11.4 Å². The van der Waals surface area contributed by atoms with E-state index >= 15 is 0 Å². The average Bonchev–Trinajstić information content (AvgIpc) is 3.28. The summed E-state index contributed by atoms with van der Waals surface area (Å²) in [5, 5.41) is 0.800. The monoisotopic (exact) mass is 468 g/mol. The number of rotatable bonds is 7. The van der Waals surface area contributed by atoms with Crippen molar-refractivity contribution in [1.82, 2.24) is 9.47 Å². The summed E-state index contributed by atoms with van der Waals surface area (Å²) in [4.78, 5) is 27.4. The minimum atomic E-state index is -0.272. The Morgan fingerprint density at radius 1 is 0.882 bits per heavy atom. The van der Waals surface area contributed by atoms with Gasteiger partial charge in [0, 0.05) is 28.7 Å². The van der Waals surface area contributed by atoms with Gasteiger partial charge in [-0.15, -0.1) is 0 Å². The molecule has 34 heavy (non-hydrogen) atoms. The number of nitrogens with zero attached hydrogens (tertiary/aromatic N) is 2. The first-order chi connectivity index (χ1) is 16.6. The number of ether oxygens (including phenoxy) is 1. The molecule has 1 fully saturated rings. The van der Waals surface area contributed by atoms with Gasteiger partial charge >= 0.3 is 0 Å². The number of aromatic nitrogens is 1. The van der Waals surface area contributed by atoms with E-state index in [0.29, 0.717) is 10.7 Å². The fourth-order valence-electron chi connectivity index (χ4n) is 4.21. The third kappa shape index (κ3) is 4.37. The van der Waals surface area contributed by atoms with Gasteiger partial charge in [-0.2, -0.15) is 0 Å². The molecule has 0 atom stereocenters. The topological polar surface area (TPSA) is 51.5 Å². The summed E-state index contributed by atoms with van der Waals surface area (Å²) in [6.45, 7) is 3.27. The van der Waals surface area contributed by atoms with Crippen LogP contribution < -0.4 is 4.74 Å². The van der Waals surface area contributed by atoms with Crippen molar-refractivity contribution in [3.63, 3.8) is 0 Å². The quantitative estimate of drug-likeness (QED) is 0.307. The highest BCUT2D eigenvalue weighted by atomic mass is 32.2. The second-order valence-electron chi connectivity index (χ2n) is 8.08. The van der Waals surface area contributed by atoms with Gasteiger partial charge < -0.3 is 9.30 Å². The lowest BCUT2D eigenvalue weighted by atomic mass is 10.1. The summed E-state index contributed by atoms with van der Waals surface area (Å²) in [6, 6.07) is 27.8. The number of para-hydroxylation sites is 2. The predicted octanol–water partition coefficient (Wildman–Crippen LogP) is 6.11. The summed E-state index contributed by atoms with van der Waals surface area (Å²) < 4.78 is 7.94. The summed E-state index contributed by atoms with van der Waals surface area (Å²) >= 11 is 0.987. The molecule has 1 aliphatic heterocycles. The van der Waals surface area contributed by atoms with Crippen LogP contribution in [0.1, 0.15) is 16.8 Å². The molecule has 0 aliphatic carbocycles. The number of carbonyl (C=O) groups is 2. The largest absolute Gasteiger partial charge is 0.492 e. The Morgan fingerprint density at radius 3 is 2.32 bits per heavy atom. The van der Waals surface area contributed by atoms with Gasteiger partial charge in [-0.1, -0.05) is 66.7 Å². The number of hydrogen-bond acceptors (Lipinski definition) is 4. The number of carbonyl (C=O) groups excluding carboxylic acids is 2. The molecular formula is C28H24N2O3S. The van der Waals surface area contributed by atoms with Crippen molar-refractivity contribution in [3.8, 4) is 5.75 Å². The Bertz CT molecular complexity index is 1380. The second kappa shape index (κ2) is 9.61. The van der Waals surface area contributed by atoms with E-state index in [0.717, 1.165) is 40.5 Å². The van der Waals surface area contributed by atoms with Crippen LogP contribution in [0.4, 0.5) is 4.79 Å². The molecule has 0 unspecified atom stereocenters. The lowest BCUT2D eigenvalue weighted by molar-refractivity contribution is -0.123. The van der Waals surface area contributed by atoms with Crippen LogP contribution in [0.25, 0.3) is 17.0 Å². The summed E-state index contributed by atoms with van der Waals surface area (Å²) in [5.74, 6) is 0.442. The molecule has 6 heteroatoms. The molecule has 0 N–H and O–H groups in total. The lowest BCUT2D eigenvalue weighted by Crippen LogP contribution is -2.32. The Labute approximate surface area is 202 Å². The Morgan fingerprint density at radius 2 is 1.56 bits per heavy atom. The van der Waals surface area contributed by atoms with Crippen LogP contribution in [0, 0.1) is 6.92 Å². The predicted molar refractivity (Wildman–Crippen MR) is 137 cm³/mol. The minimum Gasteiger partial charge on any atom is -0.492 e. The van der Waals surface area contributed by atoms with Gasteiger partial charge in [-0.25, -0.2) is 0 Å². The van der Waals surface area contributed by atoms with E-state index < -0.39 is 0 Å². The van der Waals surface area contributed by atoms with E-state index in [2.05, 4.69) is 35.8 Å². The maximum absolute atomic E-state index is 13.1. The van der Waals surface area contributed by atoms with Gasteiger partial charge in [0.15, 0.2) is 0 Å². The molecule has 1 saturated heterocycles. The highest BCUT2D eigenvalue weighted by Crippen LogP contribution is 2.35. The molecule has 0 radical (unpaired) electrons. The third-order valence-corrected chi connectivity index (χ3v) is 6.85. The molecule has 1 aliphatic rings. The first-order valence-electron chi connectivity index (χ1n) is 11.2. The Hall–Kier alpha value is -3.77. The third-order valence-electron chi connectivity index (χ3n) is 5.94. The number of thioether (sulfide) groups is 1. The molecule has 0 bridgehead atoms. The maximum atomic E-state index is 13.1. The summed E-state index contributed by atoms with van der Waals surface area (Å²) in [7, 11) is 0. The molecule has 170 valence electrons. The van der Waals surface area contributed by atoms with Gasteiger partial charge in [0.1, 0.15) is 12.4 Å². The number of fused-ring (bicyclic) bond motifs is 1. The zero-order chi connectivity index (χ0) is 23.5. The zero-order valence-corrected chi connectivity index (χ0v) is 19.6. The highest BCUT2D eigenvalue weighted by Gasteiger charge is 2.35. The molecule has 3 aromatic carbocycles. The van der Waals surface area contributed by atoms with Crippen LogP contribution in [0.5, 0.6) is 5.75 Å². The smallest absolute Gasteiger partial charge is 0.293 e. The fourth-order valence-corrected chi connectivity index (χ4v) is 5.05. The van der Waals surface area contributed by atoms with Gasteiger partial charge in [0.25, 0.3) is 11.1 Å². The molecule has 1 aromatic heterocycles. The van der Waals surface area contributed by atoms with Crippen molar-refractivity contribution >= 4 is 39.9 Å². The lowest BCUT2D eigenvalue weighted by Gasteiger charge is -2.13. The van der Waals surface area contributed by atoms with Crippen LogP contribution in [0.15, 0.2) is 89.8 Å². The van der Waals surface area contributed by atoms with E-state index in [9.17, 15) is 9.59 Å². The summed E-state index contributed by atoms with van der Waals surface area (Å²) in [5.41, 5.74) is 4.34. The number of hydrogen-bond donors (Lipinski definition) is 0. The van der Waals surface area contributed by atoms with E-state index in [1.165, 1.54) is 10.5 Å². The number of benzene rings is 3. The van der Waals surface area contributed by atoms with Crippen molar-refractivity contribution in [2.24, 2.45) is 0 Å². The van der Waals surface area contributed by atoms with E-state index in [-0.39, 0.29) is 24.3 Å². The molecule has 2 amide bonds. The van der Waals surface area contributed by atoms with E-state index in [1.807, 2.05) is 66.7 Å². The van der Waals surface area contributed by atoms with E-state index in [4.69, 9.17) is 4.74 Å². The van der Waals surface area contributed by atoms with Crippen molar-refractivity contribution in [1.29, 1.82) is 0 Å². The molecule has 4 aromatic rings. The second-order valence-corrected chi connectivity index (χ2v) is 9.08. The maximum Gasteiger partial charge on any atom is 0.293 e. The minimum absolute atomic E-state index is 0.214. The average molecular weight is 469 g/mol. The van der Waals surface area contributed by atoms with Crippen LogP contribution in [0.3, 0.4) is 0 Å². The molecule has 0 saturated carbocycles. The highest BCUT2D eigenvalue weighted by molar-refractivity contribution is 8.18. The first-order valence-corrected chi connectivity index (χ1v) is 12.0. The van der Waals surface area contributed by atoms with Crippen molar-refractivity contribution in [2.75, 3.05) is 13.2 Å². The van der Waals surface area contributed by atoms with Crippen molar-refractivity contribution < 1.29 is 14.3 Å². The molecule has 2 heterocycles. The van der Waals surface area contributed by atoms with Crippen LogP contribution in [0.2, 0.25) is 0 Å². The molecule has 0 spiro atoms. The van der Waals surface area contributed by atoms with Gasteiger partial charge in [0.2, 0.25) is 0 Å². The SMILES string of the molecule is Cc1c(/C=C2\SC(=O)N(CCOc3ccccc3)C2=O)c2ccccc2n1Cc1ccccc1. The molecule has 5 nitrogen and oxygen atoms in total. The van der Waals surface area contributed by atoms with Crippen LogP contribution >= 0.6 is 11.8 Å². The standard InChI is InChI=1S/C28H24N2O3S/c1-20-24(23-14-8-9-15-25(23)30(20)19-21-10-4-2-5-11-21)18-26-27(31)29(28(32)34-26)16-17-33-22-12-6-3-7-13-22/h2-15,18H,16-17,19H2,1H3/b26-18-. The number of amides is 2. The molecule has 5 rings (SSSR count). The Kier molecular flexibility index (Phi) is 6.23. The van der Waals surface area contributed by atoms with E-state index in [1.54, 1.807) is 0 Å². The van der Waals surface area contributed by atoms with Gasteiger partial charge in [-0.05, 0) is 48.5 Å². The number of imide groups is 1. The van der Waals surface area contributed by atoms with Crippen LogP contribution in [-0.4, -0.2) is 33.8 Å². The van der Waals surface area contributed by atoms with Crippen LogP contribution in [-0.2, 0) is 11.3 Å². The first kappa shape index (κ1) is 22.0. The van der Waals surface area contributed by atoms with Crippen molar-refractivity contribution in [3.05, 3.63) is 107 Å². The molecular weight excluding hydrogens is 444 g/mol. The van der Waals surface area contributed by atoms with Gasteiger partial charge in [-0.3, -0.25) is 14.5 Å². The Balaban J connectivity index is 1.40. The van der Waals surface area contributed by atoms with Crippen molar-refractivity contribution in [2.45, 2.75) is 13.5 Å². The normalized spacial score (nSPS) is 15.0.